The lowest BCUT2D eigenvalue weighted by Crippen LogP contribution is -2.24. The number of carboxylic acids is 1. The lowest BCUT2D eigenvalue weighted by atomic mass is 9.86. The smallest absolute Gasteiger partial charge is 0.306 e. The number of hydrogen-bond donors (Lipinski definition) is 2. The number of carbonyl (C=O) groups is 1. The van der Waals surface area contributed by atoms with Crippen LogP contribution in [0.25, 0.3) is 0 Å². The second-order valence-corrected chi connectivity index (χ2v) is 5.69. The zero-order valence-electron chi connectivity index (χ0n) is 12.3. The Morgan fingerprint density at radius 3 is 2.71 bits per heavy atom. The van der Waals surface area contributed by atoms with Crippen LogP contribution in [0.2, 0.25) is 0 Å². The number of hydrogen-bond acceptors (Lipinski definition) is 3. The number of carboxylic acid groups (broad SMARTS) is 1. The van der Waals surface area contributed by atoms with Crippen molar-refractivity contribution in [2.75, 3.05) is 7.11 Å². The molecule has 2 rings (SSSR count). The van der Waals surface area contributed by atoms with Crippen molar-refractivity contribution < 1.29 is 24.1 Å². The van der Waals surface area contributed by atoms with E-state index in [0.717, 1.165) is 6.42 Å². The summed E-state index contributed by atoms with van der Waals surface area (Å²) >= 11 is 0. The molecule has 0 radical (unpaired) electrons. The van der Waals surface area contributed by atoms with Gasteiger partial charge in [0, 0.05) is 17.5 Å². The van der Waals surface area contributed by atoms with E-state index in [9.17, 15) is 19.4 Å². The second-order valence-electron chi connectivity index (χ2n) is 5.69. The molecule has 1 aliphatic rings. The van der Waals surface area contributed by atoms with Crippen molar-refractivity contribution in [2.45, 2.75) is 32.3 Å². The summed E-state index contributed by atoms with van der Waals surface area (Å²) in [5.74, 6) is -1.90. The average Bonchev–Trinajstić information content (AvgIpc) is 2.91. The number of aliphatic carboxylic acids is 1. The number of rotatable bonds is 5. The van der Waals surface area contributed by atoms with Crippen LogP contribution in [0.1, 0.15) is 37.9 Å². The monoisotopic (exact) mass is 296 g/mol. The molecule has 4 atom stereocenters. The van der Waals surface area contributed by atoms with Crippen molar-refractivity contribution in [1.82, 2.24) is 0 Å². The fraction of sp³-hybridized carbons (Fsp3) is 0.562. The van der Waals surface area contributed by atoms with Gasteiger partial charge < -0.3 is 14.9 Å². The molecule has 1 aliphatic carbocycles. The highest BCUT2D eigenvalue weighted by molar-refractivity contribution is 5.71. The van der Waals surface area contributed by atoms with Crippen molar-refractivity contribution >= 4 is 5.97 Å². The summed E-state index contributed by atoms with van der Waals surface area (Å²) in [5.41, 5.74) is 0.142. The predicted octanol–water partition coefficient (Wildman–Crippen LogP) is 3.00. The maximum absolute atomic E-state index is 14.1. The maximum atomic E-state index is 14.1. The second kappa shape index (κ2) is 6.43. The van der Waals surface area contributed by atoms with Gasteiger partial charge in [0.2, 0.25) is 0 Å². The van der Waals surface area contributed by atoms with Crippen LogP contribution in [0.4, 0.5) is 4.39 Å². The van der Waals surface area contributed by atoms with E-state index in [1.54, 1.807) is 6.07 Å². The third kappa shape index (κ3) is 3.18. The van der Waals surface area contributed by atoms with Crippen molar-refractivity contribution in [2.24, 2.45) is 17.8 Å². The maximum Gasteiger partial charge on any atom is 0.306 e. The van der Waals surface area contributed by atoms with Crippen LogP contribution < -0.4 is 4.74 Å². The van der Waals surface area contributed by atoms with Crippen LogP contribution in [0, 0.1) is 23.6 Å². The molecule has 1 saturated carbocycles. The first-order valence-corrected chi connectivity index (χ1v) is 7.22. The molecule has 4 nitrogen and oxygen atoms in total. The minimum Gasteiger partial charge on any atom is -0.497 e. The molecular weight excluding hydrogens is 275 g/mol. The number of benzene rings is 1. The Labute approximate surface area is 123 Å². The number of aliphatic hydroxyl groups excluding tert-OH is 1. The first kappa shape index (κ1) is 15.8. The summed E-state index contributed by atoms with van der Waals surface area (Å²) < 4.78 is 19.0. The molecule has 1 aromatic carbocycles. The molecule has 21 heavy (non-hydrogen) atoms. The van der Waals surface area contributed by atoms with Gasteiger partial charge in [-0.15, -0.1) is 0 Å². The van der Waals surface area contributed by atoms with E-state index in [-0.39, 0.29) is 11.5 Å². The van der Waals surface area contributed by atoms with E-state index in [2.05, 4.69) is 0 Å². The number of ether oxygens (including phenoxy) is 1. The van der Waals surface area contributed by atoms with Gasteiger partial charge in [-0.2, -0.15) is 0 Å². The van der Waals surface area contributed by atoms with Crippen LogP contribution in [-0.2, 0) is 4.79 Å². The Kier molecular flexibility index (Phi) is 4.83. The Hall–Kier alpha value is -1.62. The lowest BCUT2D eigenvalue weighted by molar-refractivity contribution is -0.144. The summed E-state index contributed by atoms with van der Waals surface area (Å²) in [6, 6.07) is 4.25. The van der Waals surface area contributed by atoms with Crippen LogP contribution in [0.3, 0.4) is 0 Å². The quantitative estimate of drug-likeness (QED) is 0.876. The normalized spacial score (nSPS) is 26.6. The first-order chi connectivity index (χ1) is 9.97. The van der Waals surface area contributed by atoms with E-state index in [1.165, 1.54) is 19.2 Å². The van der Waals surface area contributed by atoms with Crippen molar-refractivity contribution in [1.29, 1.82) is 0 Å². The fourth-order valence-electron chi connectivity index (χ4n) is 3.25. The Balaban J connectivity index is 2.25. The van der Waals surface area contributed by atoms with E-state index in [1.807, 2.05) is 6.92 Å². The summed E-state index contributed by atoms with van der Waals surface area (Å²) in [7, 11) is 1.44. The molecule has 5 heteroatoms. The van der Waals surface area contributed by atoms with Gasteiger partial charge in [0.15, 0.2) is 0 Å². The van der Waals surface area contributed by atoms with Crippen LogP contribution in [0.5, 0.6) is 5.75 Å². The van der Waals surface area contributed by atoms with E-state index in [0.29, 0.717) is 18.6 Å². The van der Waals surface area contributed by atoms with E-state index >= 15 is 0 Å². The van der Waals surface area contributed by atoms with Crippen LogP contribution >= 0.6 is 0 Å². The third-order valence-electron chi connectivity index (χ3n) is 4.54. The summed E-state index contributed by atoms with van der Waals surface area (Å²) in [4.78, 5) is 11.4. The SMILES string of the molecule is CCC1CC(C(=O)O)C(C(O)c2ccc(OC)cc2F)C1. The van der Waals surface area contributed by atoms with Gasteiger partial charge in [0.05, 0.1) is 19.1 Å². The van der Waals surface area contributed by atoms with Gasteiger partial charge in [-0.1, -0.05) is 13.3 Å². The van der Waals surface area contributed by atoms with Crippen molar-refractivity contribution in [3.8, 4) is 5.75 Å². The number of halogens is 1. The molecule has 0 heterocycles. The molecule has 1 fully saturated rings. The number of aliphatic hydroxyl groups is 1. The zero-order valence-corrected chi connectivity index (χ0v) is 12.3. The topological polar surface area (TPSA) is 66.8 Å². The van der Waals surface area contributed by atoms with E-state index < -0.39 is 29.7 Å². The Morgan fingerprint density at radius 2 is 2.19 bits per heavy atom. The highest BCUT2D eigenvalue weighted by atomic mass is 19.1. The van der Waals surface area contributed by atoms with Gasteiger partial charge in [-0.05, 0) is 30.9 Å². The molecule has 4 unspecified atom stereocenters. The summed E-state index contributed by atoms with van der Waals surface area (Å²) in [6.45, 7) is 2.01. The van der Waals surface area contributed by atoms with Gasteiger partial charge >= 0.3 is 5.97 Å². The van der Waals surface area contributed by atoms with Gasteiger partial charge in [-0.25, -0.2) is 4.39 Å². The zero-order chi connectivity index (χ0) is 15.6. The standard InChI is InChI=1S/C16H21FO4/c1-3-9-6-12(13(7-9)16(19)20)15(18)11-5-4-10(21-2)8-14(11)17/h4-5,8-9,12-13,15,18H,3,6-7H2,1-2H3,(H,19,20). The van der Waals surface area contributed by atoms with Crippen molar-refractivity contribution in [3.05, 3.63) is 29.6 Å². The van der Waals surface area contributed by atoms with Crippen molar-refractivity contribution in [3.63, 3.8) is 0 Å². The lowest BCUT2D eigenvalue weighted by Gasteiger charge is -2.23. The molecule has 0 aromatic heterocycles. The molecule has 2 N–H and O–H groups in total. The third-order valence-corrected chi connectivity index (χ3v) is 4.54. The van der Waals surface area contributed by atoms with Gasteiger partial charge in [0.25, 0.3) is 0 Å². The fourth-order valence-corrected chi connectivity index (χ4v) is 3.25. The van der Waals surface area contributed by atoms with Gasteiger partial charge in [-0.3, -0.25) is 4.79 Å². The number of methoxy groups -OCH3 is 1. The van der Waals surface area contributed by atoms with Gasteiger partial charge in [0.1, 0.15) is 11.6 Å². The first-order valence-electron chi connectivity index (χ1n) is 7.22. The Bertz CT molecular complexity index is 517. The van der Waals surface area contributed by atoms with Crippen LogP contribution in [0.15, 0.2) is 18.2 Å². The molecule has 116 valence electrons. The van der Waals surface area contributed by atoms with Crippen LogP contribution in [-0.4, -0.2) is 23.3 Å². The molecule has 0 saturated heterocycles. The summed E-state index contributed by atoms with van der Waals surface area (Å²) in [5, 5.41) is 19.8. The molecular formula is C16H21FO4. The molecule has 0 bridgehead atoms. The molecule has 1 aromatic rings. The highest BCUT2D eigenvalue weighted by Crippen LogP contribution is 2.45. The molecule has 0 spiro atoms. The highest BCUT2D eigenvalue weighted by Gasteiger charge is 2.42. The Morgan fingerprint density at radius 1 is 1.48 bits per heavy atom. The molecule has 0 amide bonds. The summed E-state index contributed by atoms with van der Waals surface area (Å²) in [6.07, 6.45) is 0.928. The molecule has 0 aliphatic heterocycles. The minimum atomic E-state index is -1.10. The van der Waals surface area contributed by atoms with E-state index in [4.69, 9.17) is 4.74 Å². The largest absolute Gasteiger partial charge is 0.497 e. The average molecular weight is 296 g/mol. The minimum absolute atomic E-state index is 0.142. The predicted molar refractivity (Wildman–Crippen MR) is 75.5 cm³/mol.